The first-order valence-corrected chi connectivity index (χ1v) is 10.3. The van der Waals surface area contributed by atoms with Crippen molar-refractivity contribution >= 4 is 16.9 Å². The van der Waals surface area contributed by atoms with Gasteiger partial charge in [0.05, 0.1) is 12.6 Å². The molecule has 2 aromatic rings. The number of nitrogens with one attached hydrogen (secondary N) is 1. The van der Waals surface area contributed by atoms with Gasteiger partial charge in [-0.3, -0.25) is 9.69 Å². The van der Waals surface area contributed by atoms with Gasteiger partial charge in [-0.15, -0.1) is 0 Å². The second kappa shape index (κ2) is 8.89. The first-order chi connectivity index (χ1) is 13.3. The largest absolute Gasteiger partial charge is 0.460 e. The number of furan rings is 1. The number of para-hydroxylation sites is 1. The van der Waals surface area contributed by atoms with Crippen molar-refractivity contribution in [1.29, 1.82) is 0 Å². The summed E-state index contributed by atoms with van der Waals surface area (Å²) in [4.78, 5) is 14.5. The first kappa shape index (κ1) is 18.5. The van der Waals surface area contributed by atoms with Gasteiger partial charge < -0.3 is 14.5 Å². The van der Waals surface area contributed by atoms with Gasteiger partial charge in [-0.25, -0.2) is 0 Å². The minimum absolute atomic E-state index is 0.176. The van der Waals surface area contributed by atoms with E-state index < -0.39 is 0 Å². The van der Waals surface area contributed by atoms with Crippen molar-refractivity contribution in [2.45, 2.75) is 51.2 Å². The molecule has 27 heavy (non-hydrogen) atoms. The summed E-state index contributed by atoms with van der Waals surface area (Å²) in [5, 5.41) is 4.21. The molecule has 0 bridgehead atoms. The Morgan fingerprint density at radius 2 is 2.04 bits per heavy atom. The number of nitrogens with zero attached hydrogens (tertiary/aromatic N) is 1. The van der Waals surface area contributed by atoms with Gasteiger partial charge in [-0.05, 0) is 63.2 Å². The molecule has 146 valence electrons. The van der Waals surface area contributed by atoms with E-state index in [1.165, 1.54) is 18.2 Å². The maximum absolute atomic E-state index is 12.0. The highest BCUT2D eigenvalue weighted by molar-refractivity contribution is 5.77. The van der Waals surface area contributed by atoms with Gasteiger partial charge in [0.15, 0.2) is 0 Å². The Bertz CT molecular complexity index is 710. The standard InChI is InChI=1S/C22H30N2O3/c25-22(23-15-19-5-3-13-26-19)8-7-17-9-11-24(12-10-17)16-20-14-18-4-1-2-6-21(18)27-20/h1-2,4,6,14,17,19H,3,5,7-13,15-16H2,(H,23,25)/t19-/m0/s1. The van der Waals surface area contributed by atoms with E-state index in [0.29, 0.717) is 18.9 Å². The highest BCUT2D eigenvalue weighted by atomic mass is 16.5. The Morgan fingerprint density at radius 3 is 2.81 bits per heavy atom. The van der Waals surface area contributed by atoms with Crippen LogP contribution < -0.4 is 5.32 Å². The third-order valence-corrected chi connectivity index (χ3v) is 5.89. The van der Waals surface area contributed by atoms with Crippen LogP contribution in [0.2, 0.25) is 0 Å². The number of carbonyl (C=O) groups excluding carboxylic acids is 1. The molecule has 2 saturated heterocycles. The smallest absolute Gasteiger partial charge is 0.220 e. The summed E-state index contributed by atoms with van der Waals surface area (Å²) in [7, 11) is 0. The lowest BCUT2D eigenvalue weighted by molar-refractivity contribution is -0.122. The summed E-state index contributed by atoms with van der Waals surface area (Å²) >= 11 is 0. The fourth-order valence-corrected chi connectivity index (χ4v) is 4.22. The number of hydrogen-bond acceptors (Lipinski definition) is 4. The van der Waals surface area contributed by atoms with E-state index in [9.17, 15) is 4.79 Å². The van der Waals surface area contributed by atoms with Gasteiger partial charge in [0, 0.05) is 25.0 Å². The van der Waals surface area contributed by atoms with E-state index in [1.807, 2.05) is 18.2 Å². The number of hydrogen-bond donors (Lipinski definition) is 1. The molecule has 1 aromatic heterocycles. The summed E-state index contributed by atoms with van der Waals surface area (Å²) in [6.45, 7) is 4.56. The Morgan fingerprint density at radius 1 is 1.19 bits per heavy atom. The fourth-order valence-electron chi connectivity index (χ4n) is 4.22. The van der Waals surface area contributed by atoms with Gasteiger partial charge in [-0.1, -0.05) is 18.2 Å². The van der Waals surface area contributed by atoms with Crippen molar-refractivity contribution in [3.63, 3.8) is 0 Å². The van der Waals surface area contributed by atoms with Crippen molar-refractivity contribution in [2.75, 3.05) is 26.2 Å². The Balaban J connectivity index is 1.15. The van der Waals surface area contributed by atoms with E-state index in [2.05, 4.69) is 22.3 Å². The van der Waals surface area contributed by atoms with Gasteiger partial charge in [0.1, 0.15) is 11.3 Å². The summed E-state index contributed by atoms with van der Waals surface area (Å²) in [6.07, 6.45) is 6.39. The molecule has 2 aliphatic rings. The van der Waals surface area contributed by atoms with Crippen molar-refractivity contribution in [3.8, 4) is 0 Å². The second-order valence-electron chi connectivity index (χ2n) is 7.95. The number of ether oxygens (including phenoxy) is 1. The Kier molecular flexibility index (Phi) is 6.10. The quantitative estimate of drug-likeness (QED) is 0.807. The third-order valence-electron chi connectivity index (χ3n) is 5.89. The molecule has 0 unspecified atom stereocenters. The van der Waals surface area contributed by atoms with Gasteiger partial charge >= 0.3 is 0 Å². The maximum atomic E-state index is 12.0. The number of benzene rings is 1. The monoisotopic (exact) mass is 370 g/mol. The average Bonchev–Trinajstić information content (AvgIpc) is 3.35. The van der Waals surface area contributed by atoms with Crippen LogP contribution in [-0.2, 0) is 16.1 Å². The highest BCUT2D eigenvalue weighted by Gasteiger charge is 2.21. The molecule has 4 rings (SSSR count). The van der Waals surface area contributed by atoms with Crippen molar-refractivity contribution in [2.24, 2.45) is 5.92 Å². The molecule has 1 aromatic carbocycles. The summed E-state index contributed by atoms with van der Waals surface area (Å²) in [5.74, 6) is 1.88. The van der Waals surface area contributed by atoms with Crippen molar-refractivity contribution in [1.82, 2.24) is 10.2 Å². The molecule has 5 nitrogen and oxygen atoms in total. The van der Waals surface area contributed by atoms with Crippen LogP contribution in [0, 0.1) is 5.92 Å². The lowest BCUT2D eigenvalue weighted by atomic mass is 9.92. The molecule has 2 fully saturated rings. The summed E-state index contributed by atoms with van der Waals surface area (Å²) in [6, 6.07) is 10.3. The van der Waals surface area contributed by atoms with E-state index in [-0.39, 0.29) is 12.0 Å². The zero-order valence-electron chi connectivity index (χ0n) is 16.0. The molecule has 0 radical (unpaired) electrons. The predicted molar refractivity (Wildman–Crippen MR) is 105 cm³/mol. The Labute approximate surface area is 161 Å². The summed E-state index contributed by atoms with van der Waals surface area (Å²) in [5.41, 5.74) is 0.969. The van der Waals surface area contributed by atoms with Crippen LogP contribution in [0.25, 0.3) is 11.0 Å². The van der Waals surface area contributed by atoms with Gasteiger partial charge in [0.25, 0.3) is 0 Å². The maximum Gasteiger partial charge on any atom is 0.220 e. The zero-order chi connectivity index (χ0) is 18.5. The van der Waals surface area contributed by atoms with Crippen LogP contribution in [0.4, 0.5) is 0 Å². The normalized spacial score (nSPS) is 21.7. The molecule has 0 spiro atoms. The number of rotatable bonds is 7. The lowest BCUT2D eigenvalue weighted by Gasteiger charge is -2.31. The zero-order valence-corrected chi connectivity index (χ0v) is 16.0. The summed E-state index contributed by atoms with van der Waals surface area (Å²) < 4.78 is 11.5. The molecule has 1 atom stereocenters. The molecular weight excluding hydrogens is 340 g/mol. The molecule has 5 heteroatoms. The molecule has 1 N–H and O–H groups in total. The van der Waals surface area contributed by atoms with Crippen LogP contribution >= 0.6 is 0 Å². The predicted octanol–water partition coefficient (Wildman–Crippen LogP) is 3.72. The molecule has 0 saturated carbocycles. The van der Waals surface area contributed by atoms with Gasteiger partial charge in [-0.2, -0.15) is 0 Å². The number of fused-ring (bicyclic) bond motifs is 1. The highest BCUT2D eigenvalue weighted by Crippen LogP contribution is 2.25. The fraction of sp³-hybridized carbons (Fsp3) is 0.591. The topological polar surface area (TPSA) is 54.7 Å². The number of carbonyl (C=O) groups is 1. The SMILES string of the molecule is O=C(CCC1CCN(Cc2cc3ccccc3o2)CC1)NC[C@@H]1CCCO1. The Hall–Kier alpha value is -1.85. The average molecular weight is 370 g/mol. The minimum atomic E-state index is 0.176. The van der Waals surface area contributed by atoms with Crippen LogP contribution in [0.15, 0.2) is 34.7 Å². The van der Waals surface area contributed by atoms with E-state index >= 15 is 0 Å². The molecule has 1 amide bonds. The van der Waals surface area contributed by atoms with E-state index in [4.69, 9.17) is 9.15 Å². The number of piperidine rings is 1. The molecule has 2 aliphatic heterocycles. The first-order valence-electron chi connectivity index (χ1n) is 10.3. The van der Waals surface area contributed by atoms with Crippen LogP contribution in [0.5, 0.6) is 0 Å². The molecule has 3 heterocycles. The van der Waals surface area contributed by atoms with Crippen LogP contribution in [0.3, 0.4) is 0 Å². The second-order valence-corrected chi connectivity index (χ2v) is 7.95. The van der Waals surface area contributed by atoms with Gasteiger partial charge in [0.2, 0.25) is 5.91 Å². The number of amides is 1. The van der Waals surface area contributed by atoms with E-state index in [1.54, 1.807) is 0 Å². The molecular formula is C22H30N2O3. The van der Waals surface area contributed by atoms with Crippen LogP contribution in [0.1, 0.15) is 44.3 Å². The number of likely N-dealkylation sites (tertiary alicyclic amines) is 1. The van der Waals surface area contributed by atoms with E-state index in [0.717, 1.165) is 56.8 Å². The van der Waals surface area contributed by atoms with Crippen LogP contribution in [-0.4, -0.2) is 43.2 Å². The third kappa shape index (κ3) is 5.11. The minimum Gasteiger partial charge on any atom is -0.460 e. The van der Waals surface area contributed by atoms with Crippen molar-refractivity contribution in [3.05, 3.63) is 36.1 Å². The van der Waals surface area contributed by atoms with Crippen molar-refractivity contribution < 1.29 is 13.9 Å². The molecule has 0 aliphatic carbocycles. The lowest BCUT2D eigenvalue weighted by Crippen LogP contribution is -2.34.